The first-order chi connectivity index (χ1) is 8.54. The zero-order valence-electron chi connectivity index (χ0n) is 10.4. The topological polar surface area (TPSA) is 73.3 Å². The molecule has 2 unspecified atom stereocenters. The van der Waals surface area contributed by atoms with E-state index in [4.69, 9.17) is 11.1 Å². The number of nitrogens with one attached hydrogen (secondary N) is 1. The van der Waals surface area contributed by atoms with Crippen LogP contribution in [0.1, 0.15) is 18.9 Å². The van der Waals surface area contributed by atoms with Gasteiger partial charge in [0.2, 0.25) is 0 Å². The highest BCUT2D eigenvalue weighted by Gasteiger charge is 2.30. The molecule has 5 heteroatoms. The van der Waals surface area contributed by atoms with Crippen molar-refractivity contribution in [3.63, 3.8) is 0 Å². The Morgan fingerprint density at radius 3 is 2.89 bits per heavy atom. The molecule has 0 radical (unpaired) electrons. The van der Waals surface area contributed by atoms with Crippen LogP contribution in [0.3, 0.4) is 0 Å². The van der Waals surface area contributed by atoms with E-state index in [1.54, 1.807) is 0 Å². The molecule has 1 saturated heterocycles. The number of nitrogen functional groups attached to an aromatic ring is 1. The van der Waals surface area contributed by atoms with Crippen LogP contribution >= 0.6 is 15.9 Å². The summed E-state index contributed by atoms with van der Waals surface area (Å²) in [5.41, 5.74) is 7.26. The first-order valence-electron chi connectivity index (χ1n) is 6.06. The van der Waals surface area contributed by atoms with Crippen molar-refractivity contribution < 1.29 is 5.11 Å². The molecule has 1 aromatic carbocycles. The van der Waals surface area contributed by atoms with Crippen LogP contribution in [-0.4, -0.2) is 30.1 Å². The number of amidine groups is 1. The molecule has 0 aromatic heterocycles. The first kappa shape index (κ1) is 13.4. The van der Waals surface area contributed by atoms with E-state index in [9.17, 15) is 5.11 Å². The van der Waals surface area contributed by atoms with Gasteiger partial charge in [-0.3, -0.25) is 5.41 Å². The van der Waals surface area contributed by atoms with Gasteiger partial charge in [0.05, 0.1) is 12.6 Å². The Kier molecular flexibility index (Phi) is 3.92. The van der Waals surface area contributed by atoms with Crippen molar-refractivity contribution in [2.75, 3.05) is 18.1 Å². The first-order valence-corrected chi connectivity index (χ1v) is 6.85. The standard InChI is InChI=1S/C13H18BrN3O/c1-8-4-5-17(12(8)7-18)9-2-3-10(13(15)16)11(14)6-9/h2-3,6,8,12,18H,4-5,7H2,1H3,(H3,15,16). The molecule has 1 aliphatic rings. The fraction of sp³-hybridized carbons (Fsp3) is 0.462. The predicted octanol–water partition coefficient (Wildman–Crippen LogP) is 1.94. The molecule has 0 aliphatic carbocycles. The van der Waals surface area contributed by atoms with Crippen LogP contribution in [-0.2, 0) is 0 Å². The zero-order chi connectivity index (χ0) is 13.3. The fourth-order valence-corrected chi connectivity index (χ4v) is 3.09. The normalized spacial score (nSPS) is 23.4. The Bertz CT molecular complexity index is 464. The quantitative estimate of drug-likeness (QED) is 0.590. The summed E-state index contributed by atoms with van der Waals surface area (Å²) >= 11 is 3.44. The van der Waals surface area contributed by atoms with Crippen molar-refractivity contribution in [1.29, 1.82) is 5.41 Å². The summed E-state index contributed by atoms with van der Waals surface area (Å²) in [6.45, 7) is 3.30. The van der Waals surface area contributed by atoms with Crippen LogP contribution in [0.2, 0.25) is 0 Å². The van der Waals surface area contributed by atoms with Gasteiger partial charge in [-0.15, -0.1) is 0 Å². The van der Waals surface area contributed by atoms with Gasteiger partial charge in [-0.2, -0.15) is 0 Å². The van der Waals surface area contributed by atoms with E-state index in [-0.39, 0.29) is 18.5 Å². The molecular weight excluding hydrogens is 294 g/mol. The minimum Gasteiger partial charge on any atom is -0.394 e. The lowest BCUT2D eigenvalue weighted by Crippen LogP contribution is -2.35. The van der Waals surface area contributed by atoms with Crippen LogP contribution in [0.15, 0.2) is 22.7 Å². The van der Waals surface area contributed by atoms with E-state index in [0.717, 1.165) is 23.1 Å². The maximum absolute atomic E-state index is 9.47. The van der Waals surface area contributed by atoms with Crippen molar-refractivity contribution in [3.8, 4) is 0 Å². The molecule has 0 saturated carbocycles. The largest absolute Gasteiger partial charge is 0.394 e. The molecule has 0 amide bonds. The van der Waals surface area contributed by atoms with Crippen LogP contribution < -0.4 is 10.6 Å². The highest BCUT2D eigenvalue weighted by atomic mass is 79.9. The molecule has 4 N–H and O–H groups in total. The van der Waals surface area contributed by atoms with Gasteiger partial charge < -0.3 is 15.7 Å². The molecular formula is C13H18BrN3O. The summed E-state index contributed by atoms with van der Waals surface area (Å²) in [5.74, 6) is 0.559. The number of rotatable bonds is 3. The van der Waals surface area contributed by atoms with Gasteiger partial charge in [-0.25, -0.2) is 0 Å². The van der Waals surface area contributed by atoms with Gasteiger partial charge in [-0.05, 0) is 46.5 Å². The fourth-order valence-electron chi connectivity index (χ4n) is 2.51. The number of anilines is 1. The van der Waals surface area contributed by atoms with Crippen LogP contribution in [0.5, 0.6) is 0 Å². The SMILES string of the molecule is CC1CCN(c2ccc(C(=N)N)c(Br)c2)C1CO. The van der Waals surface area contributed by atoms with Gasteiger partial charge in [0, 0.05) is 22.3 Å². The lowest BCUT2D eigenvalue weighted by atomic mass is 10.0. The predicted molar refractivity (Wildman–Crippen MR) is 77.2 cm³/mol. The molecule has 1 heterocycles. The molecule has 0 spiro atoms. The smallest absolute Gasteiger partial charge is 0.123 e. The van der Waals surface area contributed by atoms with Crippen molar-refractivity contribution in [3.05, 3.63) is 28.2 Å². The van der Waals surface area contributed by atoms with Gasteiger partial charge >= 0.3 is 0 Å². The zero-order valence-corrected chi connectivity index (χ0v) is 11.9. The Morgan fingerprint density at radius 1 is 1.61 bits per heavy atom. The van der Waals surface area contributed by atoms with Crippen molar-refractivity contribution >= 4 is 27.5 Å². The van der Waals surface area contributed by atoms with Gasteiger partial charge in [0.1, 0.15) is 5.84 Å². The number of nitrogens with two attached hydrogens (primary N) is 1. The van der Waals surface area contributed by atoms with E-state index >= 15 is 0 Å². The Hall–Kier alpha value is -1.07. The van der Waals surface area contributed by atoms with Gasteiger partial charge in [0.25, 0.3) is 0 Å². The number of benzene rings is 1. The summed E-state index contributed by atoms with van der Waals surface area (Å²) in [6.07, 6.45) is 1.09. The van der Waals surface area contributed by atoms with E-state index in [1.807, 2.05) is 18.2 Å². The van der Waals surface area contributed by atoms with Gasteiger partial charge in [0.15, 0.2) is 0 Å². The molecule has 2 rings (SSSR count). The minimum atomic E-state index is 0.0573. The second-order valence-corrected chi connectivity index (χ2v) is 5.64. The molecule has 18 heavy (non-hydrogen) atoms. The number of halogens is 1. The molecule has 1 aliphatic heterocycles. The Labute approximate surface area is 115 Å². The lowest BCUT2D eigenvalue weighted by Gasteiger charge is -2.27. The molecule has 2 atom stereocenters. The van der Waals surface area contributed by atoms with E-state index in [2.05, 4.69) is 27.8 Å². The maximum atomic E-state index is 9.47. The van der Waals surface area contributed by atoms with Crippen LogP contribution in [0, 0.1) is 11.3 Å². The lowest BCUT2D eigenvalue weighted by molar-refractivity contribution is 0.245. The second-order valence-electron chi connectivity index (χ2n) is 4.79. The summed E-state index contributed by atoms with van der Waals surface area (Å²) in [6, 6.07) is 5.96. The Morgan fingerprint density at radius 2 is 2.33 bits per heavy atom. The van der Waals surface area contributed by atoms with Crippen molar-refractivity contribution in [1.82, 2.24) is 0 Å². The number of aliphatic hydroxyl groups is 1. The third-order valence-corrected chi connectivity index (χ3v) is 4.30. The molecule has 1 aromatic rings. The third kappa shape index (κ3) is 2.37. The summed E-state index contributed by atoms with van der Waals surface area (Å²) in [4.78, 5) is 2.22. The maximum Gasteiger partial charge on any atom is 0.123 e. The molecule has 1 fully saturated rings. The number of nitrogens with zero attached hydrogens (tertiary/aromatic N) is 1. The van der Waals surface area contributed by atoms with Crippen LogP contribution in [0.4, 0.5) is 5.69 Å². The van der Waals surface area contributed by atoms with Crippen molar-refractivity contribution in [2.45, 2.75) is 19.4 Å². The Balaban J connectivity index is 2.29. The number of hydrogen-bond donors (Lipinski definition) is 3. The van der Waals surface area contributed by atoms with E-state index < -0.39 is 0 Å². The average Bonchev–Trinajstić information content (AvgIpc) is 2.69. The van der Waals surface area contributed by atoms with Crippen LogP contribution in [0.25, 0.3) is 0 Å². The van der Waals surface area contributed by atoms with E-state index in [0.29, 0.717) is 11.5 Å². The monoisotopic (exact) mass is 311 g/mol. The number of hydrogen-bond acceptors (Lipinski definition) is 3. The summed E-state index contributed by atoms with van der Waals surface area (Å²) in [5, 5.41) is 16.9. The molecule has 98 valence electrons. The van der Waals surface area contributed by atoms with Gasteiger partial charge in [-0.1, -0.05) is 6.92 Å². The number of aliphatic hydroxyl groups excluding tert-OH is 1. The molecule has 4 nitrogen and oxygen atoms in total. The second kappa shape index (κ2) is 5.28. The molecule has 0 bridgehead atoms. The van der Waals surface area contributed by atoms with E-state index in [1.165, 1.54) is 0 Å². The van der Waals surface area contributed by atoms with Crippen molar-refractivity contribution in [2.24, 2.45) is 11.7 Å². The summed E-state index contributed by atoms with van der Waals surface area (Å²) in [7, 11) is 0. The minimum absolute atomic E-state index is 0.0573. The average molecular weight is 312 g/mol. The summed E-state index contributed by atoms with van der Waals surface area (Å²) < 4.78 is 0.823. The third-order valence-electron chi connectivity index (χ3n) is 3.64. The highest BCUT2D eigenvalue weighted by Crippen LogP contribution is 2.32. The highest BCUT2D eigenvalue weighted by molar-refractivity contribution is 9.10.